The van der Waals surface area contributed by atoms with Gasteiger partial charge in [-0.3, -0.25) is 4.79 Å². The van der Waals surface area contributed by atoms with Crippen molar-refractivity contribution in [2.24, 2.45) is 0 Å². The summed E-state index contributed by atoms with van der Waals surface area (Å²) in [5, 5.41) is 2.84. The van der Waals surface area contributed by atoms with Crippen molar-refractivity contribution in [3.8, 4) is 5.75 Å². The molecule has 0 atom stereocenters. The molecule has 0 aliphatic heterocycles. The molecule has 21 heavy (non-hydrogen) atoms. The molecule has 0 aliphatic carbocycles. The molecule has 0 unspecified atom stereocenters. The quantitative estimate of drug-likeness (QED) is 0.847. The minimum absolute atomic E-state index is 0.262. The Morgan fingerprint density at radius 3 is 2.57 bits per heavy atom. The third kappa shape index (κ3) is 3.25. The molecular weight excluding hydrogens is 266 g/mol. The molecule has 2 aromatic carbocycles. The van der Waals surface area contributed by atoms with E-state index in [9.17, 15) is 4.79 Å². The normalized spacial score (nSPS) is 10.0. The fourth-order valence-corrected chi connectivity index (χ4v) is 1.98. The van der Waals surface area contributed by atoms with Gasteiger partial charge in [0.1, 0.15) is 5.75 Å². The Balaban J connectivity index is 2.24. The van der Waals surface area contributed by atoms with E-state index in [1.807, 2.05) is 43.3 Å². The van der Waals surface area contributed by atoms with Crippen LogP contribution in [0.5, 0.6) is 5.75 Å². The average Bonchev–Trinajstić information content (AvgIpc) is 2.47. The molecule has 0 aromatic heterocycles. The number of methoxy groups -OCH3 is 1. The van der Waals surface area contributed by atoms with Crippen LogP contribution in [-0.4, -0.2) is 27.1 Å². The Bertz CT molecular complexity index is 654. The van der Waals surface area contributed by atoms with E-state index in [0.717, 1.165) is 5.69 Å². The fourth-order valence-electron chi connectivity index (χ4n) is 1.98. The van der Waals surface area contributed by atoms with E-state index in [-0.39, 0.29) is 5.91 Å². The summed E-state index contributed by atoms with van der Waals surface area (Å²) in [5.41, 5.74) is 8.38. The van der Waals surface area contributed by atoms with Gasteiger partial charge in [0.2, 0.25) is 0 Å². The number of nitrogens with one attached hydrogen (secondary N) is 1. The predicted molar refractivity (Wildman–Crippen MR) is 86.1 cm³/mol. The van der Waals surface area contributed by atoms with Gasteiger partial charge in [-0.15, -0.1) is 0 Å². The molecule has 0 heterocycles. The number of amides is 1. The number of carbonyl (C=O) groups is 1. The molecule has 110 valence electrons. The average molecular weight is 285 g/mol. The molecule has 0 radical (unpaired) electrons. The summed E-state index contributed by atoms with van der Waals surface area (Å²) < 4.78 is 5.12. The second kappa shape index (κ2) is 6.17. The highest BCUT2D eigenvalue weighted by atomic mass is 16.5. The number of hydrogen-bond donors (Lipinski definition) is 2. The maximum Gasteiger partial charge on any atom is 0.257 e. The molecular formula is C16H19N3O2. The van der Waals surface area contributed by atoms with Gasteiger partial charge in [0.15, 0.2) is 0 Å². The lowest BCUT2D eigenvalue weighted by Gasteiger charge is -2.14. The fraction of sp³-hybridized carbons (Fsp3) is 0.188. The van der Waals surface area contributed by atoms with Gasteiger partial charge < -0.3 is 20.7 Å². The molecule has 3 N–H and O–H groups in total. The number of rotatable bonds is 4. The highest BCUT2D eigenvalue weighted by Gasteiger charge is 2.13. The second-order valence-electron chi connectivity index (χ2n) is 4.82. The van der Waals surface area contributed by atoms with Crippen molar-refractivity contribution >= 4 is 23.0 Å². The minimum Gasteiger partial charge on any atom is -0.495 e. The number of carbonyl (C=O) groups excluding carboxylic acids is 1. The lowest BCUT2D eigenvalue weighted by Crippen LogP contribution is -2.15. The Morgan fingerprint density at radius 1 is 1.19 bits per heavy atom. The number of anilines is 3. The number of nitrogens with zero attached hydrogens (tertiary/aromatic N) is 1. The number of ether oxygens (including phenoxy) is 1. The monoisotopic (exact) mass is 285 g/mol. The molecule has 2 aromatic rings. The van der Waals surface area contributed by atoms with Crippen LogP contribution in [0.4, 0.5) is 17.1 Å². The Kier molecular flexibility index (Phi) is 4.33. The summed E-state index contributed by atoms with van der Waals surface area (Å²) in [6.07, 6.45) is 0. The van der Waals surface area contributed by atoms with Crippen LogP contribution in [0.1, 0.15) is 10.4 Å². The van der Waals surface area contributed by atoms with Crippen LogP contribution in [0, 0.1) is 0 Å². The summed E-state index contributed by atoms with van der Waals surface area (Å²) in [4.78, 5) is 14.3. The van der Waals surface area contributed by atoms with E-state index in [0.29, 0.717) is 22.7 Å². The van der Waals surface area contributed by atoms with Crippen LogP contribution < -0.4 is 20.7 Å². The van der Waals surface area contributed by atoms with E-state index in [4.69, 9.17) is 10.5 Å². The van der Waals surface area contributed by atoms with Crippen molar-refractivity contribution in [2.45, 2.75) is 0 Å². The molecule has 0 saturated heterocycles. The summed E-state index contributed by atoms with van der Waals surface area (Å²) in [6.45, 7) is 0. The number of para-hydroxylation sites is 1. The number of benzene rings is 2. The van der Waals surface area contributed by atoms with E-state index >= 15 is 0 Å². The smallest absolute Gasteiger partial charge is 0.257 e. The Hall–Kier alpha value is -2.69. The van der Waals surface area contributed by atoms with E-state index < -0.39 is 0 Å². The Morgan fingerprint density at radius 2 is 1.90 bits per heavy atom. The topological polar surface area (TPSA) is 67.6 Å². The maximum absolute atomic E-state index is 12.3. The van der Waals surface area contributed by atoms with Crippen LogP contribution in [0.2, 0.25) is 0 Å². The number of nitrogens with two attached hydrogens (primary N) is 1. The van der Waals surface area contributed by atoms with Crippen LogP contribution in [-0.2, 0) is 0 Å². The lowest BCUT2D eigenvalue weighted by atomic mass is 10.1. The third-order valence-electron chi connectivity index (χ3n) is 3.15. The van der Waals surface area contributed by atoms with E-state index in [1.165, 1.54) is 7.11 Å². The molecule has 0 saturated carbocycles. The van der Waals surface area contributed by atoms with Gasteiger partial charge in [0.05, 0.1) is 18.4 Å². The molecule has 0 bridgehead atoms. The highest BCUT2D eigenvalue weighted by molar-refractivity contribution is 6.08. The zero-order valence-electron chi connectivity index (χ0n) is 12.4. The molecule has 5 heteroatoms. The van der Waals surface area contributed by atoms with Gasteiger partial charge in [-0.25, -0.2) is 0 Å². The van der Waals surface area contributed by atoms with Crippen molar-refractivity contribution in [3.63, 3.8) is 0 Å². The first-order valence-corrected chi connectivity index (χ1v) is 6.54. The van der Waals surface area contributed by atoms with Crippen molar-refractivity contribution in [2.75, 3.05) is 37.2 Å². The van der Waals surface area contributed by atoms with Gasteiger partial charge in [-0.05, 0) is 30.3 Å². The molecule has 0 fully saturated rings. The SMILES string of the molecule is COc1cccc(C(=O)Nc2cccc(N(C)C)c2)c1N. The van der Waals surface area contributed by atoms with Gasteiger partial charge in [0.25, 0.3) is 5.91 Å². The molecule has 2 rings (SSSR count). The first-order valence-electron chi connectivity index (χ1n) is 6.54. The van der Waals surface area contributed by atoms with Gasteiger partial charge in [-0.1, -0.05) is 12.1 Å². The molecule has 0 aliphatic rings. The zero-order valence-corrected chi connectivity index (χ0v) is 12.4. The van der Waals surface area contributed by atoms with Gasteiger partial charge in [0, 0.05) is 25.5 Å². The molecule has 5 nitrogen and oxygen atoms in total. The van der Waals surface area contributed by atoms with E-state index in [1.54, 1.807) is 18.2 Å². The maximum atomic E-state index is 12.3. The Labute approximate surface area is 124 Å². The minimum atomic E-state index is -0.262. The van der Waals surface area contributed by atoms with Crippen LogP contribution >= 0.6 is 0 Å². The number of hydrogen-bond acceptors (Lipinski definition) is 4. The summed E-state index contributed by atoms with van der Waals surface area (Å²) in [6, 6.07) is 12.7. The zero-order chi connectivity index (χ0) is 15.4. The first kappa shape index (κ1) is 14.7. The third-order valence-corrected chi connectivity index (χ3v) is 3.15. The van der Waals surface area contributed by atoms with Gasteiger partial charge >= 0.3 is 0 Å². The van der Waals surface area contributed by atoms with Crippen molar-refractivity contribution in [1.29, 1.82) is 0 Å². The van der Waals surface area contributed by atoms with Crippen LogP contribution in [0.3, 0.4) is 0 Å². The van der Waals surface area contributed by atoms with Gasteiger partial charge in [-0.2, -0.15) is 0 Å². The lowest BCUT2D eigenvalue weighted by molar-refractivity contribution is 0.102. The van der Waals surface area contributed by atoms with Crippen molar-refractivity contribution < 1.29 is 9.53 Å². The van der Waals surface area contributed by atoms with Crippen LogP contribution in [0.15, 0.2) is 42.5 Å². The first-order chi connectivity index (χ1) is 10.0. The largest absolute Gasteiger partial charge is 0.495 e. The second-order valence-corrected chi connectivity index (χ2v) is 4.82. The standard InChI is InChI=1S/C16H19N3O2/c1-19(2)12-7-4-6-11(10-12)18-16(20)13-8-5-9-14(21-3)15(13)17/h4-10H,17H2,1-3H3,(H,18,20). The van der Waals surface area contributed by atoms with E-state index in [2.05, 4.69) is 5.32 Å². The van der Waals surface area contributed by atoms with Crippen molar-refractivity contribution in [3.05, 3.63) is 48.0 Å². The van der Waals surface area contributed by atoms with Crippen molar-refractivity contribution in [1.82, 2.24) is 0 Å². The summed E-state index contributed by atoms with van der Waals surface area (Å²) >= 11 is 0. The number of nitrogen functional groups attached to an aromatic ring is 1. The molecule has 1 amide bonds. The highest BCUT2D eigenvalue weighted by Crippen LogP contribution is 2.26. The summed E-state index contributed by atoms with van der Waals surface area (Å²) in [7, 11) is 5.41. The summed E-state index contributed by atoms with van der Waals surface area (Å²) in [5.74, 6) is 0.229. The predicted octanol–water partition coefficient (Wildman–Crippen LogP) is 2.60. The van der Waals surface area contributed by atoms with Crippen LogP contribution in [0.25, 0.3) is 0 Å². The molecule has 0 spiro atoms.